The predicted molar refractivity (Wildman–Crippen MR) is 71.8 cm³/mol. The van der Waals surface area contributed by atoms with E-state index in [-0.39, 0.29) is 12.1 Å². The molecule has 3 nitrogen and oxygen atoms in total. The molecule has 0 bridgehead atoms. The van der Waals surface area contributed by atoms with E-state index in [9.17, 15) is 0 Å². The van der Waals surface area contributed by atoms with Gasteiger partial charge in [-0.2, -0.15) is 0 Å². The van der Waals surface area contributed by atoms with E-state index in [1.807, 2.05) is 31.2 Å². The van der Waals surface area contributed by atoms with Crippen molar-refractivity contribution in [2.45, 2.75) is 25.5 Å². The van der Waals surface area contributed by atoms with Gasteiger partial charge in [0.1, 0.15) is 11.5 Å². The highest BCUT2D eigenvalue weighted by atomic mass is 35.5. The summed E-state index contributed by atoms with van der Waals surface area (Å²) in [6.07, 6.45) is 2.14. The Labute approximate surface area is 111 Å². The summed E-state index contributed by atoms with van der Waals surface area (Å²) in [4.78, 5) is 0. The van der Waals surface area contributed by atoms with E-state index in [0.717, 1.165) is 17.9 Å². The Morgan fingerprint density at radius 3 is 2.56 bits per heavy atom. The molecule has 18 heavy (non-hydrogen) atoms. The van der Waals surface area contributed by atoms with E-state index in [2.05, 4.69) is 0 Å². The maximum absolute atomic E-state index is 6.08. The monoisotopic (exact) mass is 265 g/mol. The zero-order chi connectivity index (χ0) is 13.0. The smallest absolute Gasteiger partial charge is 0.171 e. The molecule has 2 aromatic rings. The highest BCUT2D eigenvalue weighted by molar-refractivity contribution is 6.30. The number of hydrogen-bond acceptors (Lipinski definition) is 3. The lowest BCUT2D eigenvalue weighted by Crippen LogP contribution is -2.31. The molecule has 2 unspecified atom stereocenters. The second-order valence-electron chi connectivity index (χ2n) is 4.08. The Balaban J connectivity index is 2.17. The van der Waals surface area contributed by atoms with Crippen molar-refractivity contribution in [1.82, 2.24) is 0 Å². The maximum atomic E-state index is 6.08. The molecule has 0 aliphatic carbocycles. The standard InChI is InChI=1S/C14H16ClNO2/c1-2-12(16)14(13-4-3-9-17-13)18-11-7-5-10(15)6-8-11/h3-9,12,14H,2,16H2,1H3. The van der Waals surface area contributed by atoms with Crippen molar-refractivity contribution in [3.8, 4) is 5.75 Å². The Bertz CT molecular complexity index is 467. The second kappa shape index (κ2) is 5.94. The first-order valence-corrected chi connectivity index (χ1v) is 6.29. The van der Waals surface area contributed by atoms with Gasteiger partial charge < -0.3 is 14.9 Å². The van der Waals surface area contributed by atoms with Crippen LogP contribution in [0.5, 0.6) is 5.75 Å². The van der Waals surface area contributed by atoms with E-state index in [4.69, 9.17) is 26.5 Å². The van der Waals surface area contributed by atoms with Gasteiger partial charge in [-0.05, 0) is 42.8 Å². The Morgan fingerprint density at radius 2 is 2.00 bits per heavy atom. The van der Waals surface area contributed by atoms with Gasteiger partial charge in [-0.1, -0.05) is 18.5 Å². The fraction of sp³-hybridized carbons (Fsp3) is 0.286. The van der Waals surface area contributed by atoms with Crippen LogP contribution in [0.1, 0.15) is 25.2 Å². The third-order valence-corrected chi connectivity index (χ3v) is 3.01. The van der Waals surface area contributed by atoms with E-state index in [1.165, 1.54) is 0 Å². The first-order chi connectivity index (χ1) is 8.70. The van der Waals surface area contributed by atoms with Gasteiger partial charge in [0.15, 0.2) is 6.10 Å². The molecule has 2 atom stereocenters. The van der Waals surface area contributed by atoms with E-state index in [0.29, 0.717) is 5.02 Å². The number of furan rings is 1. The van der Waals surface area contributed by atoms with Crippen LogP contribution in [0.25, 0.3) is 0 Å². The predicted octanol–water partition coefficient (Wildman–Crippen LogP) is 3.79. The third-order valence-electron chi connectivity index (χ3n) is 2.76. The summed E-state index contributed by atoms with van der Waals surface area (Å²) in [5.74, 6) is 1.46. The fourth-order valence-corrected chi connectivity index (χ4v) is 1.81. The van der Waals surface area contributed by atoms with Crippen LogP contribution in [0, 0.1) is 0 Å². The van der Waals surface area contributed by atoms with Crippen LogP contribution in [0.15, 0.2) is 47.1 Å². The largest absolute Gasteiger partial charge is 0.481 e. The van der Waals surface area contributed by atoms with Gasteiger partial charge >= 0.3 is 0 Å². The lowest BCUT2D eigenvalue weighted by molar-refractivity contribution is 0.145. The molecule has 2 N–H and O–H groups in total. The highest BCUT2D eigenvalue weighted by Gasteiger charge is 2.23. The lowest BCUT2D eigenvalue weighted by Gasteiger charge is -2.22. The summed E-state index contributed by atoms with van der Waals surface area (Å²) in [5, 5.41) is 0.677. The number of hydrogen-bond donors (Lipinski definition) is 1. The molecule has 0 fully saturated rings. The van der Waals surface area contributed by atoms with Crippen molar-refractivity contribution in [2.24, 2.45) is 5.73 Å². The number of ether oxygens (including phenoxy) is 1. The van der Waals surface area contributed by atoms with Crippen molar-refractivity contribution >= 4 is 11.6 Å². The van der Waals surface area contributed by atoms with Crippen LogP contribution in [0.3, 0.4) is 0 Å². The summed E-state index contributed by atoms with van der Waals surface area (Å²) >= 11 is 5.84. The molecule has 0 spiro atoms. The molecule has 1 heterocycles. The molecular formula is C14H16ClNO2. The fourth-order valence-electron chi connectivity index (χ4n) is 1.68. The van der Waals surface area contributed by atoms with Crippen LogP contribution in [0.4, 0.5) is 0 Å². The second-order valence-corrected chi connectivity index (χ2v) is 4.52. The van der Waals surface area contributed by atoms with Crippen molar-refractivity contribution in [1.29, 1.82) is 0 Å². The Hall–Kier alpha value is -1.45. The van der Waals surface area contributed by atoms with Gasteiger partial charge in [-0.25, -0.2) is 0 Å². The number of rotatable bonds is 5. The van der Waals surface area contributed by atoms with Gasteiger partial charge in [0.2, 0.25) is 0 Å². The summed E-state index contributed by atoms with van der Waals surface area (Å²) in [5.41, 5.74) is 6.08. The lowest BCUT2D eigenvalue weighted by atomic mass is 10.1. The number of benzene rings is 1. The SMILES string of the molecule is CCC(N)C(Oc1ccc(Cl)cc1)c1ccco1. The van der Waals surface area contributed by atoms with Crippen molar-refractivity contribution in [2.75, 3.05) is 0 Å². The average molecular weight is 266 g/mol. The molecule has 1 aromatic carbocycles. The molecule has 2 rings (SSSR count). The molecule has 0 saturated heterocycles. The van der Waals surface area contributed by atoms with E-state index < -0.39 is 0 Å². The van der Waals surface area contributed by atoms with Crippen LogP contribution < -0.4 is 10.5 Å². The number of halogens is 1. The molecule has 0 aliphatic heterocycles. The Kier molecular flexibility index (Phi) is 4.28. The minimum Gasteiger partial charge on any atom is -0.481 e. The zero-order valence-electron chi connectivity index (χ0n) is 10.2. The molecule has 96 valence electrons. The van der Waals surface area contributed by atoms with Crippen molar-refractivity contribution in [3.63, 3.8) is 0 Å². The quantitative estimate of drug-likeness (QED) is 0.895. The summed E-state index contributed by atoms with van der Waals surface area (Å²) in [6, 6.07) is 10.8. The molecule has 0 amide bonds. The first-order valence-electron chi connectivity index (χ1n) is 5.92. The summed E-state index contributed by atoms with van der Waals surface area (Å²) in [6.45, 7) is 2.02. The molecule has 0 saturated carbocycles. The van der Waals surface area contributed by atoms with Gasteiger partial charge in [0, 0.05) is 11.1 Å². The normalized spacial score (nSPS) is 14.2. The van der Waals surface area contributed by atoms with Crippen LogP contribution >= 0.6 is 11.6 Å². The van der Waals surface area contributed by atoms with Crippen LogP contribution in [-0.4, -0.2) is 6.04 Å². The average Bonchev–Trinajstić information content (AvgIpc) is 2.91. The maximum Gasteiger partial charge on any atom is 0.171 e. The molecule has 0 aliphatic rings. The first kappa shape index (κ1) is 13.0. The summed E-state index contributed by atoms with van der Waals surface area (Å²) < 4.78 is 11.3. The summed E-state index contributed by atoms with van der Waals surface area (Å²) in [7, 11) is 0. The molecular weight excluding hydrogens is 250 g/mol. The minimum absolute atomic E-state index is 0.119. The number of nitrogens with two attached hydrogens (primary N) is 1. The molecule has 1 aromatic heterocycles. The van der Waals surface area contributed by atoms with E-state index >= 15 is 0 Å². The highest BCUT2D eigenvalue weighted by Crippen LogP contribution is 2.26. The van der Waals surface area contributed by atoms with Gasteiger partial charge in [-0.15, -0.1) is 0 Å². The van der Waals surface area contributed by atoms with Gasteiger partial charge in [0.05, 0.1) is 6.26 Å². The van der Waals surface area contributed by atoms with Gasteiger partial charge in [0.25, 0.3) is 0 Å². The van der Waals surface area contributed by atoms with Crippen molar-refractivity contribution in [3.05, 3.63) is 53.4 Å². The van der Waals surface area contributed by atoms with Crippen molar-refractivity contribution < 1.29 is 9.15 Å². The van der Waals surface area contributed by atoms with E-state index in [1.54, 1.807) is 18.4 Å². The van der Waals surface area contributed by atoms with Crippen LogP contribution in [-0.2, 0) is 0 Å². The molecule has 0 radical (unpaired) electrons. The minimum atomic E-state index is -0.286. The topological polar surface area (TPSA) is 48.4 Å². The zero-order valence-corrected chi connectivity index (χ0v) is 10.9. The third kappa shape index (κ3) is 3.06. The van der Waals surface area contributed by atoms with Gasteiger partial charge in [-0.3, -0.25) is 0 Å². The Morgan fingerprint density at radius 1 is 1.28 bits per heavy atom. The van der Waals surface area contributed by atoms with Crippen LogP contribution in [0.2, 0.25) is 5.02 Å². The molecule has 4 heteroatoms.